The van der Waals surface area contributed by atoms with E-state index in [1.807, 2.05) is 6.92 Å². The van der Waals surface area contributed by atoms with E-state index in [0.29, 0.717) is 18.9 Å². The maximum atomic E-state index is 12.4. The average molecular weight is 267 g/mol. The van der Waals surface area contributed by atoms with Gasteiger partial charge < -0.3 is 10.0 Å². The lowest BCUT2D eigenvalue weighted by atomic mass is 9.83. The molecule has 19 heavy (non-hydrogen) atoms. The molecule has 1 saturated carbocycles. The molecule has 4 nitrogen and oxygen atoms in total. The number of carbonyl (C=O) groups excluding carboxylic acids is 1. The van der Waals surface area contributed by atoms with Crippen LogP contribution in [0.3, 0.4) is 0 Å². The van der Waals surface area contributed by atoms with Gasteiger partial charge >= 0.3 is 5.97 Å². The highest BCUT2D eigenvalue weighted by molar-refractivity contribution is 5.85. The Bertz CT molecular complexity index is 336. The topological polar surface area (TPSA) is 57.6 Å². The molecule has 1 heterocycles. The minimum atomic E-state index is -0.851. The van der Waals surface area contributed by atoms with Gasteiger partial charge in [-0.2, -0.15) is 0 Å². The Morgan fingerprint density at radius 3 is 2.47 bits per heavy atom. The molecule has 1 aliphatic carbocycles. The molecule has 1 aliphatic heterocycles. The fourth-order valence-electron chi connectivity index (χ4n) is 3.59. The van der Waals surface area contributed by atoms with Crippen LogP contribution < -0.4 is 0 Å². The number of nitrogens with zero attached hydrogens (tertiary/aromatic N) is 1. The lowest BCUT2D eigenvalue weighted by molar-refractivity contribution is -0.149. The fourth-order valence-corrected chi connectivity index (χ4v) is 3.59. The Labute approximate surface area is 115 Å². The normalized spacial score (nSPS) is 26.4. The summed E-state index contributed by atoms with van der Waals surface area (Å²) >= 11 is 0. The standard InChI is InChI=1S/C15H25NO3/c1-11(10-12-6-3-2-4-7-12)14(17)16-9-5-8-13(16)15(18)19/h11-13H,2-10H2,1H3,(H,18,19)/t11-,13-/m0/s1. The molecule has 2 fully saturated rings. The van der Waals surface area contributed by atoms with Crippen LogP contribution in [0.2, 0.25) is 0 Å². The van der Waals surface area contributed by atoms with Crippen LogP contribution in [0.25, 0.3) is 0 Å². The Kier molecular flexibility index (Phi) is 4.83. The minimum absolute atomic E-state index is 0.0250. The van der Waals surface area contributed by atoms with Crippen LogP contribution in [0.15, 0.2) is 0 Å². The van der Waals surface area contributed by atoms with E-state index in [0.717, 1.165) is 12.8 Å². The van der Waals surface area contributed by atoms with Gasteiger partial charge in [0, 0.05) is 12.5 Å². The molecule has 0 bridgehead atoms. The Morgan fingerprint density at radius 2 is 1.84 bits per heavy atom. The van der Waals surface area contributed by atoms with Gasteiger partial charge in [0.15, 0.2) is 0 Å². The van der Waals surface area contributed by atoms with Crippen molar-refractivity contribution in [3.63, 3.8) is 0 Å². The largest absolute Gasteiger partial charge is 0.480 e. The van der Waals surface area contributed by atoms with Crippen LogP contribution in [0, 0.1) is 11.8 Å². The van der Waals surface area contributed by atoms with Crippen molar-refractivity contribution in [1.82, 2.24) is 4.90 Å². The maximum Gasteiger partial charge on any atom is 0.326 e. The summed E-state index contributed by atoms with van der Waals surface area (Å²) in [6.07, 6.45) is 8.73. The monoisotopic (exact) mass is 267 g/mol. The number of aliphatic carboxylic acids is 1. The summed E-state index contributed by atoms with van der Waals surface area (Å²) in [6.45, 7) is 2.58. The number of hydrogen-bond donors (Lipinski definition) is 1. The van der Waals surface area contributed by atoms with Crippen LogP contribution in [0.4, 0.5) is 0 Å². The summed E-state index contributed by atoms with van der Waals surface area (Å²) in [5, 5.41) is 9.14. The molecule has 2 rings (SSSR count). The first-order valence-corrected chi connectivity index (χ1v) is 7.63. The van der Waals surface area contributed by atoms with E-state index in [9.17, 15) is 9.59 Å². The molecule has 0 aromatic heterocycles. The van der Waals surface area contributed by atoms with E-state index in [-0.39, 0.29) is 11.8 Å². The van der Waals surface area contributed by atoms with Crippen molar-refractivity contribution in [2.75, 3.05) is 6.54 Å². The van der Waals surface area contributed by atoms with Crippen molar-refractivity contribution in [1.29, 1.82) is 0 Å². The van der Waals surface area contributed by atoms with Crippen molar-refractivity contribution in [3.05, 3.63) is 0 Å². The molecule has 0 spiro atoms. The summed E-state index contributed by atoms with van der Waals surface area (Å²) in [6, 6.07) is -0.582. The Hall–Kier alpha value is -1.06. The van der Waals surface area contributed by atoms with Crippen LogP contribution in [-0.4, -0.2) is 34.5 Å². The number of likely N-dealkylation sites (tertiary alicyclic amines) is 1. The number of carboxylic acids is 1. The predicted molar refractivity (Wildman–Crippen MR) is 72.7 cm³/mol. The van der Waals surface area contributed by atoms with E-state index in [1.54, 1.807) is 4.90 Å². The second kappa shape index (κ2) is 6.40. The summed E-state index contributed by atoms with van der Waals surface area (Å²) < 4.78 is 0. The quantitative estimate of drug-likeness (QED) is 0.852. The molecule has 0 radical (unpaired) electrons. The van der Waals surface area contributed by atoms with Crippen LogP contribution in [-0.2, 0) is 9.59 Å². The molecule has 108 valence electrons. The first kappa shape index (κ1) is 14.4. The van der Waals surface area contributed by atoms with Crippen LogP contribution >= 0.6 is 0 Å². The van der Waals surface area contributed by atoms with Crippen LogP contribution in [0.5, 0.6) is 0 Å². The Morgan fingerprint density at radius 1 is 1.16 bits per heavy atom. The molecule has 1 N–H and O–H groups in total. The second-order valence-corrected chi connectivity index (χ2v) is 6.17. The molecule has 0 aromatic carbocycles. The van der Waals surface area contributed by atoms with Crippen molar-refractivity contribution in [3.8, 4) is 0 Å². The number of rotatable bonds is 4. The summed E-state index contributed by atoms with van der Waals surface area (Å²) in [7, 11) is 0. The lowest BCUT2D eigenvalue weighted by Gasteiger charge is -2.28. The molecular weight excluding hydrogens is 242 g/mol. The first-order chi connectivity index (χ1) is 9.09. The van der Waals surface area contributed by atoms with Crippen molar-refractivity contribution in [2.45, 2.75) is 64.3 Å². The molecule has 2 atom stereocenters. The zero-order valence-electron chi connectivity index (χ0n) is 11.8. The highest BCUT2D eigenvalue weighted by atomic mass is 16.4. The molecule has 2 aliphatic rings. The third kappa shape index (κ3) is 3.48. The molecular formula is C15H25NO3. The first-order valence-electron chi connectivity index (χ1n) is 7.63. The van der Waals surface area contributed by atoms with Gasteiger partial charge in [-0.05, 0) is 25.2 Å². The van der Waals surface area contributed by atoms with Gasteiger partial charge in [-0.1, -0.05) is 39.0 Å². The van der Waals surface area contributed by atoms with Gasteiger partial charge in [0.25, 0.3) is 0 Å². The lowest BCUT2D eigenvalue weighted by Crippen LogP contribution is -2.43. The zero-order valence-corrected chi connectivity index (χ0v) is 11.8. The van der Waals surface area contributed by atoms with Crippen molar-refractivity contribution < 1.29 is 14.7 Å². The van der Waals surface area contributed by atoms with E-state index < -0.39 is 12.0 Å². The zero-order chi connectivity index (χ0) is 13.8. The summed E-state index contributed by atoms with van der Waals surface area (Å²) in [5.41, 5.74) is 0. The van der Waals surface area contributed by atoms with E-state index in [1.165, 1.54) is 32.1 Å². The SMILES string of the molecule is C[C@@H](CC1CCCCC1)C(=O)N1CCC[C@H]1C(=O)O. The average Bonchev–Trinajstić information content (AvgIpc) is 2.88. The van der Waals surface area contributed by atoms with Crippen molar-refractivity contribution >= 4 is 11.9 Å². The van der Waals surface area contributed by atoms with Gasteiger partial charge in [-0.15, -0.1) is 0 Å². The van der Waals surface area contributed by atoms with Gasteiger partial charge in [-0.25, -0.2) is 4.79 Å². The third-order valence-electron chi connectivity index (χ3n) is 4.65. The van der Waals surface area contributed by atoms with Crippen LogP contribution in [0.1, 0.15) is 58.3 Å². The molecule has 1 saturated heterocycles. The Balaban J connectivity index is 1.89. The molecule has 4 heteroatoms. The minimum Gasteiger partial charge on any atom is -0.480 e. The summed E-state index contributed by atoms with van der Waals surface area (Å²) in [5.74, 6) is -0.159. The molecule has 1 amide bonds. The molecule has 0 unspecified atom stereocenters. The molecule has 0 aromatic rings. The second-order valence-electron chi connectivity index (χ2n) is 6.17. The van der Waals surface area contributed by atoms with Crippen molar-refractivity contribution in [2.24, 2.45) is 11.8 Å². The van der Waals surface area contributed by atoms with E-state index >= 15 is 0 Å². The predicted octanol–water partition coefficient (Wildman–Crippen LogP) is 2.67. The van der Waals surface area contributed by atoms with E-state index in [2.05, 4.69) is 0 Å². The van der Waals surface area contributed by atoms with E-state index in [4.69, 9.17) is 5.11 Å². The van der Waals surface area contributed by atoms with Gasteiger partial charge in [0.1, 0.15) is 6.04 Å². The third-order valence-corrected chi connectivity index (χ3v) is 4.65. The van der Waals surface area contributed by atoms with Gasteiger partial charge in [-0.3, -0.25) is 4.79 Å². The number of hydrogen-bond acceptors (Lipinski definition) is 2. The summed E-state index contributed by atoms with van der Waals surface area (Å²) in [4.78, 5) is 25.1. The highest BCUT2D eigenvalue weighted by Gasteiger charge is 2.36. The highest BCUT2D eigenvalue weighted by Crippen LogP contribution is 2.30. The fraction of sp³-hybridized carbons (Fsp3) is 0.867. The number of amides is 1. The number of carbonyl (C=O) groups is 2. The maximum absolute atomic E-state index is 12.4. The number of carboxylic acid groups (broad SMARTS) is 1. The van der Waals surface area contributed by atoms with Gasteiger partial charge in [0.2, 0.25) is 5.91 Å². The van der Waals surface area contributed by atoms with Gasteiger partial charge in [0.05, 0.1) is 0 Å². The smallest absolute Gasteiger partial charge is 0.326 e.